The highest BCUT2D eigenvalue weighted by molar-refractivity contribution is 6.06. The summed E-state index contributed by atoms with van der Waals surface area (Å²) < 4.78 is 5.14. The molecular weight excluding hydrogens is 330 g/mol. The average molecular weight is 361 g/mol. The molecule has 0 rings (SSSR count). The molecule has 1 amide bonds. The molecule has 0 saturated heterocycles. The second kappa shape index (κ2) is 9.69. The van der Waals surface area contributed by atoms with Gasteiger partial charge in [0.25, 0.3) is 5.91 Å². The Labute approximate surface area is 148 Å². The molecule has 0 spiro atoms. The van der Waals surface area contributed by atoms with Crippen LogP contribution in [0.25, 0.3) is 0 Å². The number of carbonyl (C=O) groups excluding carboxylic acids is 2. The third-order valence-electron chi connectivity index (χ3n) is 3.16. The average Bonchev–Trinajstić information content (AvgIpc) is 2.44. The maximum Gasteiger partial charge on any atom is 0.333 e. The first-order chi connectivity index (χ1) is 11.3. The zero-order chi connectivity index (χ0) is 19.8. The van der Waals surface area contributed by atoms with Crippen LogP contribution in [0.2, 0.25) is 0 Å². The van der Waals surface area contributed by atoms with Crippen LogP contribution < -0.4 is 16.9 Å². The van der Waals surface area contributed by atoms with E-state index in [0.717, 1.165) is 0 Å². The van der Waals surface area contributed by atoms with Gasteiger partial charge in [-0.05, 0) is 46.0 Å². The Balaban J connectivity index is 4.59. The van der Waals surface area contributed by atoms with E-state index in [1.54, 1.807) is 20.8 Å². The Kier molecular flexibility index (Phi) is 9.03. The van der Waals surface area contributed by atoms with Gasteiger partial charge in [0.1, 0.15) is 11.6 Å². The number of carboxylic acids is 1. The molecule has 6 N–H and O–H groups in total. The van der Waals surface area contributed by atoms with Crippen molar-refractivity contribution in [2.45, 2.75) is 71.1 Å². The number of hydrogen-bond acceptors (Lipinski definition) is 7. The first-order valence-corrected chi connectivity index (χ1v) is 8.22. The second-order valence-electron chi connectivity index (χ2n) is 7.44. The Morgan fingerprint density at radius 1 is 1.20 bits per heavy atom. The molecule has 0 radical (unpaired) electrons. The largest absolute Gasteiger partial charge is 0.479 e. The van der Waals surface area contributed by atoms with Gasteiger partial charge in [-0.25, -0.2) is 10.3 Å². The van der Waals surface area contributed by atoms with Crippen molar-refractivity contribution in [1.29, 1.82) is 0 Å². The number of ether oxygens (including phenoxy) is 1. The lowest BCUT2D eigenvalue weighted by molar-refractivity contribution is -0.156. The number of hydroxylamine groups is 1. The number of carbonyl (C=O) groups is 3. The molecule has 0 aliphatic rings. The predicted molar refractivity (Wildman–Crippen MR) is 91.2 cm³/mol. The summed E-state index contributed by atoms with van der Waals surface area (Å²) in [5.74, 6) is -2.87. The summed E-state index contributed by atoms with van der Waals surface area (Å²) in [5, 5.41) is 9.27. The van der Waals surface area contributed by atoms with Crippen LogP contribution in [0.4, 0.5) is 0 Å². The van der Waals surface area contributed by atoms with Gasteiger partial charge in [0, 0.05) is 0 Å². The van der Waals surface area contributed by atoms with E-state index in [0.29, 0.717) is 0 Å². The fraction of sp³-hybridized carbons (Fsp3) is 0.812. The Bertz CT molecular complexity index is 475. The summed E-state index contributed by atoms with van der Waals surface area (Å²) >= 11 is 0. The molecule has 0 aliphatic carbocycles. The van der Waals surface area contributed by atoms with E-state index in [1.165, 1.54) is 0 Å². The van der Waals surface area contributed by atoms with E-state index in [9.17, 15) is 19.5 Å². The van der Waals surface area contributed by atoms with Crippen molar-refractivity contribution in [3.05, 3.63) is 0 Å². The van der Waals surface area contributed by atoms with Gasteiger partial charge < -0.3 is 21.3 Å². The number of amides is 1. The molecule has 9 nitrogen and oxygen atoms in total. The molecule has 0 aromatic carbocycles. The van der Waals surface area contributed by atoms with Crippen LogP contribution >= 0.6 is 0 Å². The number of nitrogens with one attached hydrogen (secondary N) is 1. The predicted octanol–water partition coefficient (Wildman–Crippen LogP) is 0.312. The van der Waals surface area contributed by atoms with Crippen molar-refractivity contribution in [2.24, 2.45) is 17.4 Å². The maximum atomic E-state index is 12.0. The minimum absolute atomic E-state index is 0.140. The molecule has 0 bridgehead atoms. The third-order valence-corrected chi connectivity index (χ3v) is 3.16. The van der Waals surface area contributed by atoms with Crippen molar-refractivity contribution in [1.82, 2.24) is 5.48 Å². The van der Waals surface area contributed by atoms with E-state index in [1.807, 2.05) is 13.8 Å². The summed E-state index contributed by atoms with van der Waals surface area (Å²) in [4.78, 5) is 40.1. The molecular formula is C16H31N3O6. The molecule has 0 aliphatic heterocycles. The maximum absolute atomic E-state index is 12.0. The zero-order valence-electron chi connectivity index (χ0n) is 15.6. The number of nitrogens with two attached hydrogens (primary N) is 2. The molecule has 0 fully saturated rings. The molecule has 146 valence electrons. The third kappa shape index (κ3) is 8.80. The summed E-state index contributed by atoms with van der Waals surface area (Å²) in [7, 11) is 0. The van der Waals surface area contributed by atoms with Crippen LogP contribution in [0, 0.1) is 5.92 Å². The highest BCUT2D eigenvalue weighted by atomic mass is 16.7. The second-order valence-corrected chi connectivity index (χ2v) is 7.44. The van der Waals surface area contributed by atoms with Gasteiger partial charge in [-0.3, -0.25) is 14.4 Å². The lowest BCUT2D eigenvalue weighted by Gasteiger charge is -2.25. The van der Waals surface area contributed by atoms with Crippen molar-refractivity contribution in [3.8, 4) is 0 Å². The van der Waals surface area contributed by atoms with Crippen LogP contribution in [0.1, 0.15) is 53.9 Å². The smallest absolute Gasteiger partial charge is 0.333 e. The quantitative estimate of drug-likeness (QED) is 0.246. The zero-order valence-corrected chi connectivity index (χ0v) is 15.6. The summed E-state index contributed by atoms with van der Waals surface area (Å²) in [5.41, 5.74) is 10.7. The van der Waals surface area contributed by atoms with E-state index in [4.69, 9.17) is 21.0 Å². The van der Waals surface area contributed by atoms with E-state index in [2.05, 4.69) is 5.48 Å². The molecule has 0 saturated carbocycles. The van der Waals surface area contributed by atoms with E-state index in [-0.39, 0.29) is 31.8 Å². The summed E-state index contributed by atoms with van der Waals surface area (Å²) in [6.45, 7) is 9.12. The number of rotatable bonds is 10. The van der Waals surface area contributed by atoms with Crippen LogP contribution in [0.3, 0.4) is 0 Å². The van der Waals surface area contributed by atoms with Crippen LogP contribution in [0.15, 0.2) is 0 Å². The minimum atomic E-state index is -2.16. The normalized spacial score (nSPS) is 15.4. The van der Waals surface area contributed by atoms with Gasteiger partial charge in [0.2, 0.25) is 0 Å². The molecule has 2 atom stereocenters. The monoisotopic (exact) mass is 361 g/mol. The first-order valence-electron chi connectivity index (χ1n) is 8.22. The van der Waals surface area contributed by atoms with Gasteiger partial charge in [-0.1, -0.05) is 13.8 Å². The summed E-state index contributed by atoms with van der Waals surface area (Å²) in [6, 6.07) is -0.919. The number of hydrogen-bond donors (Lipinski definition) is 4. The van der Waals surface area contributed by atoms with Crippen molar-refractivity contribution in [3.63, 3.8) is 0 Å². The highest BCUT2D eigenvalue weighted by Crippen LogP contribution is 2.15. The van der Waals surface area contributed by atoms with Crippen molar-refractivity contribution >= 4 is 17.8 Å². The first kappa shape index (κ1) is 23.3. The number of carboxylic acid groups (broad SMARTS) is 1. The van der Waals surface area contributed by atoms with E-state index >= 15 is 0 Å². The summed E-state index contributed by atoms with van der Waals surface area (Å²) in [6.07, 6.45) is 0.0950. The van der Waals surface area contributed by atoms with Crippen LogP contribution in [-0.2, 0) is 24.0 Å². The van der Waals surface area contributed by atoms with Gasteiger partial charge >= 0.3 is 11.9 Å². The Hall–Kier alpha value is -1.71. The van der Waals surface area contributed by atoms with Gasteiger partial charge in [-0.2, -0.15) is 0 Å². The molecule has 0 aromatic heterocycles. The van der Waals surface area contributed by atoms with Crippen molar-refractivity contribution < 1.29 is 29.1 Å². The fourth-order valence-electron chi connectivity index (χ4n) is 1.78. The lowest BCUT2D eigenvalue weighted by atomic mass is 9.92. The Morgan fingerprint density at radius 3 is 2.20 bits per heavy atom. The fourth-order valence-corrected chi connectivity index (χ4v) is 1.78. The molecule has 25 heavy (non-hydrogen) atoms. The van der Waals surface area contributed by atoms with Crippen molar-refractivity contribution in [2.75, 3.05) is 6.61 Å². The standard InChI is InChI=1S/C16H31N3O6/c1-10(2)9-24-19-13(21)16(18,14(22)23)8-6-7-11(17)12(20)25-15(3,4)5/h10-11H,6-9,17-18H2,1-5H3,(H,19,21)(H,22,23)/t11?,16-/m1/s1. The SMILES string of the molecule is CC(C)CONC(=O)[C@](N)(CCCC(N)C(=O)OC(C)(C)C)C(=O)O. The van der Waals surface area contributed by atoms with E-state index < -0.39 is 35.0 Å². The van der Waals surface area contributed by atoms with Crippen LogP contribution in [-0.4, -0.2) is 46.7 Å². The Morgan fingerprint density at radius 2 is 1.76 bits per heavy atom. The van der Waals surface area contributed by atoms with Gasteiger partial charge in [0.05, 0.1) is 6.61 Å². The van der Waals surface area contributed by atoms with Gasteiger partial charge in [0.15, 0.2) is 5.54 Å². The molecule has 0 aromatic rings. The lowest BCUT2D eigenvalue weighted by Crippen LogP contribution is -2.59. The highest BCUT2D eigenvalue weighted by Gasteiger charge is 2.42. The topological polar surface area (TPSA) is 154 Å². The van der Waals surface area contributed by atoms with Crippen LogP contribution in [0.5, 0.6) is 0 Å². The number of esters is 1. The van der Waals surface area contributed by atoms with Gasteiger partial charge in [-0.15, -0.1) is 0 Å². The minimum Gasteiger partial charge on any atom is -0.479 e. The molecule has 0 heterocycles. The molecule has 1 unspecified atom stereocenters. The molecule has 9 heteroatoms. The number of aliphatic carboxylic acids is 1.